The number of nitrogens with one attached hydrogen (secondary N) is 1. The summed E-state index contributed by atoms with van der Waals surface area (Å²) in [6, 6.07) is 14.8. The zero-order valence-electron chi connectivity index (χ0n) is 16.9. The zero-order chi connectivity index (χ0) is 21.5. The molecule has 1 unspecified atom stereocenters. The summed E-state index contributed by atoms with van der Waals surface area (Å²) in [4.78, 5) is 13.7. The van der Waals surface area contributed by atoms with Crippen LogP contribution in [0.25, 0.3) is 0 Å². The Morgan fingerprint density at radius 3 is 2.73 bits per heavy atom. The van der Waals surface area contributed by atoms with Crippen LogP contribution in [-0.4, -0.2) is 31.0 Å². The normalized spacial score (nSPS) is 11.8. The summed E-state index contributed by atoms with van der Waals surface area (Å²) < 4.78 is 1.98. The van der Waals surface area contributed by atoms with Crippen molar-refractivity contribution < 1.29 is 9.90 Å². The standard InChI is InChI=1S/C22H24N4O2S2/c1-4-12-26-20(14-29-19-10-8-15(2)9-11-19)24-25-22(26)30-16(3)21(28)23-17-6-5-7-18(27)13-17/h4-11,13,16,27H,1,12,14H2,2-3H3,(H,23,28). The monoisotopic (exact) mass is 440 g/mol. The predicted octanol–water partition coefficient (Wildman–Crippen LogP) is 4.89. The Hall–Kier alpha value is -2.71. The van der Waals surface area contributed by atoms with E-state index in [0.717, 1.165) is 5.82 Å². The summed E-state index contributed by atoms with van der Waals surface area (Å²) in [6.45, 7) is 8.28. The minimum atomic E-state index is -0.391. The Kier molecular flexibility index (Phi) is 7.59. The summed E-state index contributed by atoms with van der Waals surface area (Å²) in [6.07, 6.45) is 1.80. The molecule has 0 spiro atoms. The number of amides is 1. The highest BCUT2D eigenvalue weighted by atomic mass is 32.2. The number of phenolic OH excluding ortho intramolecular Hbond substituents is 1. The topological polar surface area (TPSA) is 80.0 Å². The van der Waals surface area contributed by atoms with E-state index in [1.165, 1.54) is 28.3 Å². The van der Waals surface area contributed by atoms with E-state index in [1.807, 2.05) is 11.5 Å². The molecule has 3 rings (SSSR count). The quantitative estimate of drug-likeness (QED) is 0.364. The van der Waals surface area contributed by atoms with Crippen molar-refractivity contribution in [1.82, 2.24) is 14.8 Å². The Morgan fingerprint density at radius 2 is 2.03 bits per heavy atom. The average molecular weight is 441 g/mol. The molecule has 8 heteroatoms. The molecule has 0 aliphatic rings. The highest BCUT2D eigenvalue weighted by molar-refractivity contribution is 8.00. The van der Waals surface area contributed by atoms with E-state index < -0.39 is 5.25 Å². The minimum absolute atomic E-state index is 0.106. The highest BCUT2D eigenvalue weighted by Crippen LogP contribution is 2.27. The first kappa shape index (κ1) is 22.0. The average Bonchev–Trinajstić information content (AvgIpc) is 3.09. The molecular weight excluding hydrogens is 416 g/mol. The first-order valence-electron chi connectivity index (χ1n) is 9.45. The van der Waals surface area contributed by atoms with Crippen LogP contribution in [-0.2, 0) is 17.1 Å². The van der Waals surface area contributed by atoms with Gasteiger partial charge < -0.3 is 15.0 Å². The van der Waals surface area contributed by atoms with Gasteiger partial charge in [-0.05, 0) is 38.1 Å². The van der Waals surface area contributed by atoms with Gasteiger partial charge in [-0.1, -0.05) is 41.6 Å². The second-order valence-electron chi connectivity index (χ2n) is 6.70. The third kappa shape index (κ3) is 5.90. The molecule has 0 aliphatic heterocycles. The molecule has 3 aromatic rings. The van der Waals surface area contributed by atoms with Crippen LogP contribution < -0.4 is 5.32 Å². The van der Waals surface area contributed by atoms with Gasteiger partial charge >= 0.3 is 0 Å². The van der Waals surface area contributed by atoms with Crippen LogP contribution in [0.3, 0.4) is 0 Å². The molecule has 0 aliphatic carbocycles. The van der Waals surface area contributed by atoms with Gasteiger partial charge in [-0.25, -0.2) is 0 Å². The highest BCUT2D eigenvalue weighted by Gasteiger charge is 2.20. The molecule has 0 saturated carbocycles. The van der Waals surface area contributed by atoms with Crippen molar-refractivity contribution in [2.24, 2.45) is 0 Å². The fourth-order valence-electron chi connectivity index (χ4n) is 2.65. The number of rotatable bonds is 9. The van der Waals surface area contributed by atoms with Gasteiger partial charge in [0.15, 0.2) is 5.16 Å². The molecule has 6 nitrogen and oxygen atoms in total. The fraction of sp³-hybridized carbons (Fsp3) is 0.227. The van der Waals surface area contributed by atoms with Gasteiger partial charge in [-0.3, -0.25) is 4.79 Å². The molecule has 30 heavy (non-hydrogen) atoms. The molecule has 1 aromatic heterocycles. The van der Waals surface area contributed by atoms with E-state index in [-0.39, 0.29) is 11.7 Å². The molecule has 0 saturated heterocycles. The smallest absolute Gasteiger partial charge is 0.237 e. The van der Waals surface area contributed by atoms with Crippen molar-refractivity contribution in [3.05, 3.63) is 72.6 Å². The molecule has 1 heterocycles. The maximum atomic E-state index is 12.5. The van der Waals surface area contributed by atoms with E-state index in [9.17, 15) is 9.90 Å². The van der Waals surface area contributed by atoms with Crippen LogP contribution in [0, 0.1) is 6.92 Å². The number of aromatic hydroxyl groups is 1. The van der Waals surface area contributed by atoms with Crippen LogP contribution in [0.1, 0.15) is 18.3 Å². The lowest BCUT2D eigenvalue weighted by atomic mass is 10.2. The Labute approximate surface area is 184 Å². The van der Waals surface area contributed by atoms with Crippen LogP contribution in [0.2, 0.25) is 0 Å². The number of allylic oxidation sites excluding steroid dienone is 1. The third-order valence-corrected chi connectivity index (χ3v) is 6.35. The lowest BCUT2D eigenvalue weighted by molar-refractivity contribution is -0.115. The summed E-state index contributed by atoms with van der Waals surface area (Å²) in [5, 5.41) is 21.3. The van der Waals surface area contributed by atoms with Gasteiger partial charge in [0.25, 0.3) is 0 Å². The molecule has 156 valence electrons. The lowest BCUT2D eigenvalue weighted by Gasteiger charge is -2.13. The van der Waals surface area contributed by atoms with Crippen LogP contribution in [0.15, 0.2) is 71.2 Å². The number of carbonyl (C=O) groups is 1. The number of anilines is 1. The number of aromatic nitrogens is 3. The van der Waals surface area contributed by atoms with Crippen molar-refractivity contribution in [2.45, 2.75) is 41.4 Å². The van der Waals surface area contributed by atoms with Crippen molar-refractivity contribution in [2.75, 3.05) is 5.32 Å². The molecule has 0 fully saturated rings. The molecule has 2 N–H and O–H groups in total. The lowest BCUT2D eigenvalue weighted by Crippen LogP contribution is -2.23. The van der Waals surface area contributed by atoms with Crippen LogP contribution in [0.4, 0.5) is 5.69 Å². The van der Waals surface area contributed by atoms with Gasteiger partial charge in [-0.15, -0.1) is 28.5 Å². The van der Waals surface area contributed by atoms with Gasteiger partial charge in [0.05, 0.1) is 11.0 Å². The minimum Gasteiger partial charge on any atom is -0.508 e. The third-order valence-electron chi connectivity index (χ3n) is 4.26. The number of hydrogen-bond acceptors (Lipinski definition) is 6. The molecule has 1 amide bonds. The summed E-state index contributed by atoms with van der Waals surface area (Å²) in [5.74, 6) is 1.45. The van der Waals surface area contributed by atoms with E-state index >= 15 is 0 Å². The second kappa shape index (κ2) is 10.4. The van der Waals surface area contributed by atoms with Crippen molar-refractivity contribution >= 4 is 35.1 Å². The van der Waals surface area contributed by atoms with Gasteiger partial charge in [0, 0.05) is 23.2 Å². The molecule has 0 radical (unpaired) electrons. The van der Waals surface area contributed by atoms with Crippen molar-refractivity contribution in [3.8, 4) is 5.75 Å². The van der Waals surface area contributed by atoms with E-state index in [2.05, 4.69) is 53.3 Å². The molecule has 1 atom stereocenters. The van der Waals surface area contributed by atoms with Gasteiger partial charge in [0.1, 0.15) is 11.6 Å². The van der Waals surface area contributed by atoms with Crippen LogP contribution in [0.5, 0.6) is 5.75 Å². The SMILES string of the molecule is C=CCn1c(CSc2ccc(C)cc2)nnc1SC(C)C(=O)Nc1cccc(O)c1. The summed E-state index contributed by atoms with van der Waals surface area (Å²) in [5.41, 5.74) is 1.78. The number of carbonyl (C=O) groups excluding carboxylic acids is 1. The molecule has 0 bridgehead atoms. The van der Waals surface area contributed by atoms with E-state index in [1.54, 1.807) is 36.0 Å². The van der Waals surface area contributed by atoms with Gasteiger partial charge in [-0.2, -0.15) is 0 Å². The first-order chi connectivity index (χ1) is 14.5. The first-order valence-corrected chi connectivity index (χ1v) is 11.3. The number of aryl methyl sites for hydroxylation is 1. The zero-order valence-corrected chi connectivity index (χ0v) is 18.5. The largest absolute Gasteiger partial charge is 0.508 e. The maximum absolute atomic E-state index is 12.5. The summed E-state index contributed by atoms with van der Waals surface area (Å²) in [7, 11) is 0. The maximum Gasteiger partial charge on any atom is 0.237 e. The number of nitrogens with zero attached hydrogens (tertiary/aromatic N) is 3. The number of hydrogen-bond donors (Lipinski definition) is 2. The Balaban J connectivity index is 1.66. The van der Waals surface area contributed by atoms with Gasteiger partial charge in [0.2, 0.25) is 5.91 Å². The predicted molar refractivity (Wildman–Crippen MR) is 123 cm³/mol. The Morgan fingerprint density at radius 1 is 1.27 bits per heavy atom. The van der Waals surface area contributed by atoms with Crippen LogP contribution >= 0.6 is 23.5 Å². The summed E-state index contributed by atoms with van der Waals surface area (Å²) >= 11 is 3.04. The second-order valence-corrected chi connectivity index (χ2v) is 9.06. The number of thioether (sulfide) groups is 2. The Bertz CT molecular complexity index is 1020. The van der Waals surface area contributed by atoms with E-state index in [4.69, 9.17) is 0 Å². The van der Waals surface area contributed by atoms with Crippen molar-refractivity contribution in [3.63, 3.8) is 0 Å². The molecular formula is C22H24N4O2S2. The molecule has 2 aromatic carbocycles. The van der Waals surface area contributed by atoms with Crippen molar-refractivity contribution in [1.29, 1.82) is 0 Å². The van der Waals surface area contributed by atoms with E-state index in [0.29, 0.717) is 23.1 Å². The fourth-order valence-corrected chi connectivity index (χ4v) is 4.36. The number of phenols is 1. The number of benzene rings is 2.